The minimum Gasteiger partial charge on any atom is -0.399 e. The fraction of sp³-hybridized carbons (Fsp3) is 0.250. The first-order chi connectivity index (χ1) is 5.77. The fourth-order valence-corrected chi connectivity index (χ4v) is 1.08. The van der Waals surface area contributed by atoms with Crippen molar-refractivity contribution in [2.24, 2.45) is 5.84 Å². The summed E-state index contributed by atoms with van der Waals surface area (Å²) in [6.07, 6.45) is 0.560. The van der Waals surface area contributed by atoms with E-state index >= 15 is 0 Å². The summed E-state index contributed by atoms with van der Waals surface area (Å²) in [5.41, 5.74) is 10.5. The molecule has 0 fully saturated rings. The molecule has 4 nitrogen and oxygen atoms in total. The molecule has 0 radical (unpaired) electrons. The summed E-state index contributed by atoms with van der Waals surface area (Å²) in [7, 11) is 0. The van der Waals surface area contributed by atoms with Crippen LogP contribution in [0.1, 0.15) is 5.56 Å². The Kier molecular flexibility index (Phi) is 2.90. The average Bonchev–Trinajstić information content (AvgIpc) is 2.05. The number of hydrogen-bond acceptors (Lipinski definition) is 4. The lowest BCUT2D eigenvalue weighted by Crippen LogP contribution is -2.10. The Morgan fingerprint density at radius 3 is 2.75 bits per heavy atom. The van der Waals surface area contributed by atoms with E-state index in [4.69, 9.17) is 16.7 Å². The third-order valence-electron chi connectivity index (χ3n) is 1.67. The number of aliphatic hydroxyl groups excluding tert-OH is 1. The van der Waals surface area contributed by atoms with Crippen LogP contribution in [0.15, 0.2) is 18.2 Å². The van der Waals surface area contributed by atoms with Crippen molar-refractivity contribution in [3.05, 3.63) is 23.8 Å². The topological polar surface area (TPSA) is 84.3 Å². The van der Waals surface area contributed by atoms with Gasteiger partial charge in [-0.05, 0) is 30.2 Å². The Bertz CT molecular complexity index is 262. The largest absolute Gasteiger partial charge is 0.399 e. The number of nitrogens with two attached hydrogens (primary N) is 2. The highest BCUT2D eigenvalue weighted by Gasteiger charge is 2.00. The highest BCUT2D eigenvalue weighted by molar-refractivity contribution is 5.57. The summed E-state index contributed by atoms with van der Waals surface area (Å²) in [4.78, 5) is 0. The van der Waals surface area contributed by atoms with Gasteiger partial charge in [-0.2, -0.15) is 0 Å². The number of nitrogens with one attached hydrogen (secondary N) is 1. The summed E-state index contributed by atoms with van der Waals surface area (Å²) < 4.78 is 0. The van der Waals surface area contributed by atoms with Crippen molar-refractivity contribution in [3.8, 4) is 0 Å². The first-order valence-corrected chi connectivity index (χ1v) is 3.74. The van der Waals surface area contributed by atoms with Gasteiger partial charge in [-0.3, -0.25) is 5.84 Å². The third-order valence-corrected chi connectivity index (χ3v) is 1.67. The Labute approximate surface area is 71.2 Å². The lowest BCUT2D eigenvalue weighted by molar-refractivity contribution is 0.300. The molecule has 0 atom stereocenters. The van der Waals surface area contributed by atoms with Gasteiger partial charge in [-0.1, -0.05) is 0 Å². The maximum atomic E-state index is 8.72. The normalized spacial score (nSPS) is 9.83. The molecule has 4 heteroatoms. The molecule has 0 spiro atoms. The minimum atomic E-state index is 0.0954. The van der Waals surface area contributed by atoms with E-state index in [0.717, 1.165) is 11.3 Å². The fourth-order valence-electron chi connectivity index (χ4n) is 1.08. The maximum absolute atomic E-state index is 8.72. The molecule has 0 aliphatic rings. The molecule has 0 saturated carbocycles. The van der Waals surface area contributed by atoms with Crippen LogP contribution in [0.2, 0.25) is 0 Å². The predicted molar refractivity (Wildman–Crippen MR) is 49.5 cm³/mol. The van der Waals surface area contributed by atoms with Gasteiger partial charge in [0, 0.05) is 12.3 Å². The molecule has 0 heterocycles. The summed E-state index contributed by atoms with van der Waals surface area (Å²) in [6, 6.07) is 5.35. The van der Waals surface area contributed by atoms with Crippen molar-refractivity contribution < 1.29 is 5.11 Å². The molecular weight excluding hydrogens is 154 g/mol. The molecule has 1 rings (SSSR count). The van der Waals surface area contributed by atoms with E-state index < -0.39 is 0 Å². The number of hydrazine groups is 1. The Balaban J connectivity index is 2.95. The summed E-state index contributed by atoms with van der Waals surface area (Å²) in [5, 5.41) is 8.72. The van der Waals surface area contributed by atoms with Gasteiger partial charge in [0.05, 0.1) is 5.69 Å². The van der Waals surface area contributed by atoms with Crippen molar-refractivity contribution in [2.75, 3.05) is 17.8 Å². The van der Waals surface area contributed by atoms with E-state index in [9.17, 15) is 0 Å². The quantitative estimate of drug-likeness (QED) is 0.292. The monoisotopic (exact) mass is 167 g/mol. The zero-order valence-corrected chi connectivity index (χ0v) is 6.75. The van der Waals surface area contributed by atoms with Crippen LogP contribution in [0.3, 0.4) is 0 Å². The number of rotatable bonds is 3. The summed E-state index contributed by atoms with van der Waals surface area (Å²) in [5.74, 6) is 5.26. The molecule has 1 aromatic rings. The van der Waals surface area contributed by atoms with Gasteiger partial charge in [-0.15, -0.1) is 0 Å². The molecule has 0 saturated heterocycles. The highest BCUT2D eigenvalue weighted by Crippen LogP contribution is 2.17. The molecule has 0 aliphatic heterocycles. The maximum Gasteiger partial charge on any atom is 0.0519 e. The molecule has 0 unspecified atom stereocenters. The molecule has 12 heavy (non-hydrogen) atoms. The van der Waals surface area contributed by atoms with Crippen LogP contribution in [0.4, 0.5) is 11.4 Å². The van der Waals surface area contributed by atoms with Gasteiger partial charge in [0.1, 0.15) is 0 Å². The zero-order chi connectivity index (χ0) is 8.97. The molecule has 6 N–H and O–H groups in total. The minimum absolute atomic E-state index is 0.0954. The summed E-state index contributed by atoms with van der Waals surface area (Å²) in [6.45, 7) is 0.0954. The van der Waals surface area contributed by atoms with Crippen LogP contribution in [0, 0.1) is 0 Å². The first kappa shape index (κ1) is 8.83. The SMILES string of the molecule is NNc1ccc(N)cc1CCO. The smallest absolute Gasteiger partial charge is 0.0519 e. The van der Waals surface area contributed by atoms with E-state index in [2.05, 4.69) is 5.43 Å². The van der Waals surface area contributed by atoms with Crippen molar-refractivity contribution in [1.82, 2.24) is 0 Å². The zero-order valence-electron chi connectivity index (χ0n) is 6.75. The second-order valence-electron chi connectivity index (χ2n) is 2.53. The molecule has 0 aliphatic carbocycles. The lowest BCUT2D eigenvalue weighted by atomic mass is 10.1. The predicted octanol–water partition coefficient (Wildman–Crippen LogP) is 0.0892. The molecule has 0 amide bonds. The van der Waals surface area contributed by atoms with E-state index in [0.29, 0.717) is 12.1 Å². The number of benzene rings is 1. The second-order valence-corrected chi connectivity index (χ2v) is 2.53. The van der Waals surface area contributed by atoms with E-state index in [-0.39, 0.29) is 6.61 Å². The molecule has 66 valence electrons. The van der Waals surface area contributed by atoms with Gasteiger partial charge >= 0.3 is 0 Å². The van der Waals surface area contributed by atoms with Gasteiger partial charge in [0.25, 0.3) is 0 Å². The Morgan fingerprint density at radius 1 is 1.42 bits per heavy atom. The lowest BCUT2D eigenvalue weighted by Gasteiger charge is -2.07. The number of anilines is 2. The van der Waals surface area contributed by atoms with Crippen molar-refractivity contribution in [2.45, 2.75) is 6.42 Å². The second kappa shape index (κ2) is 3.94. The first-order valence-electron chi connectivity index (χ1n) is 3.74. The van der Waals surface area contributed by atoms with Gasteiger partial charge in [0.2, 0.25) is 0 Å². The van der Waals surface area contributed by atoms with E-state index in [1.165, 1.54) is 0 Å². The molecule has 0 bridgehead atoms. The van der Waals surface area contributed by atoms with Crippen LogP contribution in [-0.2, 0) is 6.42 Å². The summed E-state index contributed by atoms with van der Waals surface area (Å²) >= 11 is 0. The van der Waals surface area contributed by atoms with Crippen LogP contribution in [-0.4, -0.2) is 11.7 Å². The standard InChI is InChI=1S/C8H13N3O/c9-7-1-2-8(11-10)6(5-7)3-4-12/h1-2,5,11-12H,3-4,9-10H2. The van der Waals surface area contributed by atoms with Crippen molar-refractivity contribution in [3.63, 3.8) is 0 Å². The van der Waals surface area contributed by atoms with Crippen molar-refractivity contribution in [1.29, 1.82) is 0 Å². The molecular formula is C8H13N3O. The average molecular weight is 167 g/mol. The number of nitrogen functional groups attached to an aromatic ring is 2. The third kappa shape index (κ3) is 1.87. The van der Waals surface area contributed by atoms with Crippen LogP contribution in [0.25, 0.3) is 0 Å². The van der Waals surface area contributed by atoms with E-state index in [1.54, 1.807) is 18.2 Å². The Morgan fingerprint density at radius 2 is 2.17 bits per heavy atom. The van der Waals surface area contributed by atoms with Crippen LogP contribution < -0.4 is 17.0 Å². The van der Waals surface area contributed by atoms with Gasteiger partial charge in [0.15, 0.2) is 0 Å². The number of hydrogen-bond donors (Lipinski definition) is 4. The van der Waals surface area contributed by atoms with Gasteiger partial charge in [-0.25, -0.2) is 0 Å². The van der Waals surface area contributed by atoms with E-state index in [1.807, 2.05) is 0 Å². The van der Waals surface area contributed by atoms with Gasteiger partial charge < -0.3 is 16.3 Å². The van der Waals surface area contributed by atoms with Crippen LogP contribution >= 0.6 is 0 Å². The van der Waals surface area contributed by atoms with Crippen LogP contribution in [0.5, 0.6) is 0 Å². The highest BCUT2D eigenvalue weighted by atomic mass is 16.2. The number of aliphatic hydroxyl groups is 1. The van der Waals surface area contributed by atoms with Crippen molar-refractivity contribution >= 4 is 11.4 Å². The molecule has 1 aromatic carbocycles. The molecule has 0 aromatic heterocycles. The Hall–Kier alpha value is -1.26.